The van der Waals surface area contributed by atoms with Crippen LogP contribution in [0.5, 0.6) is 0 Å². The Morgan fingerprint density at radius 1 is 1.00 bits per heavy atom. The van der Waals surface area contributed by atoms with Gasteiger partial charge in [-0.3, -0.25) is 14.5 Å². The summed E-state index contributed by atoms with van der Waals surface area (Å²) in [6.45, 7) is 2.88. The molecule has 0 unspecified atom stereocenters. The van der Waals surface area contributed by atoms with Gasteiger partial charge in [0.1, 0.15) is 0 Å². The lowest BCUT2D eigenvalue weighted by molar-refractivity contribution is -0.143. The summed E-state index contributed by atoms with van der Waals surface area (Å²) in [7, 11) is 0. The van der Waals surface area contributed by atoms with Gasteiger partial charge in [0.25, 0.3) is 0 Å². The largest absolute Gasteiger partial charge is 0.416 e. The Hall–Kier alpha value is -3.08. The summed E-state index contributed by atoms with van der Waals surface area (Å²) in [6, 6.07) is 10.6. The molecule has 1 heterocycles. The number of alkyl halides is 6. The molecule has 2 aromatic rings. The first-order valence-electron chi connectivity index (χ1n) is 12.5. The van der Waals surface area contributed by atoms with Gasteiger partial charge in [0.2, 0.25) is 11.8 Å². The van der Waals surface area contributed by atoms with Crippen LogP contribution in [-0.4, -0.2) is 42.4 Å². The number of piperazine rings is 1. The SMILES string of the molecule is C[C@H](C(=O)NC1(c2ccccc2)CCC(N2CCNC(=O)C2)CC1)c1cc(C(F)(F)F)cc(C(F)(F)F)c1. The maximum absolute atomic E-state index is 13.4. The van der Waals surface area contributed by atoms with Crippen LogP contribution in [0.25, 0.3) is 0 Å². The summed E-state index contributed by atoms with van der Waals surface area (Å²) >= 11 is 0. The van der Waals surface area contributed by atoms with Gasteiger partial charge < -0.3 is 10.6 Å². The Kier molecular flexibility index (Phi) is 7.79. The number of hydrogen-bond acceptors (Lipinski definition) is 3. The van der Waals surface area contributed by atoms with Gasteiger partial charge in [-0.25, -0.2) is 0 Å². The molecule has 0 spiro atoms. The second-order valence-corrected chi connectivity index (χ2v) is 10.0. The fourth-order valence-corrected chi connectivity index (χ4v) is 5.40. The molecule has 2 fully saturated rings. The lowest BCUT2D eigenvalue weighted by Gasteiger charge is -2.45. The molecule has 4 rings (SSSR count). The quantitative estimate of drug-likeness (QED) is 0.511. The van der Waals surface area contributed by atoms with Gasteiger partial charge in [-0.2, -0.15) is 26.3 Å². The monoisotopic (exact) mass is 541 g/mol. The van der Waals surface area contributed by atoms with E-state index in [1.54, 1.807) is 0 Å². The highest BCUT2D eigenvalue weighted by atomic mass is 19.4. The predicted octanol–water partition coefficient (Wildman–Crippen LogP) is 5.21. The number of carbonyl (C=O) groups is 2. The van der Waals surface area contributed by atoms with Crippen molar-refractivity contribution in [1.29, 1.82) is 0 Å². The molecule has 1 saturated carbocycles. The van der Waals surface area contributed by atoms with Gasteiger partial charge in [-0.05, 0) is 61.9 Å². The Morgan fingerprint density at radius 3 is 2.11 bits per heavy atom. The molecule has 0 aromatic heterocycles. The van der Waals surface area contributed by atoms with Crippen LogP contribution in [0.2, 0.25) is 0 Å². The fraction of sp³-hybridized carbons (Fsp3) is 0.481. The number of halogens is 6. The molecule has 2 amide bonds. The van der Waals surface area contributed by atoms with Crippen molar-refractivity contribution in [3.05, 3.63) is 70.8 Å². The molecule has 1 atom stereocenters. The van der Waals surface area contributed by atoms with Gasteiger partial charge in [0.15, 0.2) is 0 Å². The van der Waals surface area contributed by atoms with Gasteiger partial charge >= 0.3 is 12.4 Å². The molecule has 11 heteroatoms. The molecule has 1 aliphatic carbocycles. The van der Waals surface area contributed by atoms with Crippen LogP contribution in [0.15, 0.2) is 48.5 Å². The molecule has 1 aliphatic heterocycles. The Labute approximate surface area is 216 Å². The highest BCUT2D eigenvalue weighted by Gasteiger charge is 2.42. The highest BCUT2D eigenvalue weighted by Crippen LogP contribution is 2.41. The molecule has 206 valence electrons. The minimum atomic E-state index is -5.00. The van der Waals surface area contributed by atoms with E-state index < -0.39 is 40.8 Å². The smallest absolute Gasteiger partial charge is 0.354 e. The van der Waals surface area contributed by atoms with E-state index >= 15 is 0 Å². The van der Waals surface area contributed by atoms with E-state index in [4.69, 9.17) is 0 Å². The number of nitrogens with one attached hydrogen (secondary N) is 2. The zero-order valence-electron chi connectivity index (χ0n) is 20.8. The second-order valence-electron chi connectivity index (χ2n) is 10.0. The summed E-state index contributed by atoms with van der Waals surface area (Å²) in [6.07, 6.45) is -7.65. The average molecular weight is 542 g/mol. The Morgan fingerprint density at radius 2 is 1.58 bits per heavy atom. The van der Waals surface area contributed by atoms with Crippen molar-refractivity contribution in [3.8, 4) is 0 Å². The molecule has 38 heavy (non-hydrogen) atoms. The maximum atomic E-state index is 13.4. The molecule has 0 radical (unpaired) electrons. The number of benzene rings is 2. The molecule has 2 N–H and O–H groups in total. The lowest BCUT2D eigenvalue weighted by Crippen LogP contribution is -2.56. The minimum absolute atomic E-state index is 0.0439. The van der Waals surface area contributed by atoms with Gasteiger partial charge in [-0.1, -0.05) is 30.3 Å². The normalized spacial score (nSPS) is 24.0. The molecule has 2 aromatic carbocycles. The Balaban J connectivity index is 1.59. The number of hydrogen-bond donors (Lipinski definition) is 2. The highest BCUT2D eigenvalue weighted by molar-refractivity contribution is 5.84. The maximum Gasteiger partial charge on any atom is 0.416 e. The third-order valence-electron chi connectivity index (χ3n) is 7.59. The average Bonchev–Trinajstić information content (AvgIpc) is 2.88. The molecule has 5 nitrogen and oxygen atoms in total. The zero-order valence-corrected chi connectivity index (χ0v) is 20.8. The molecule has 2 aliphatic rings. The number of nitrogens with zero attached hydrogens (tertiary/aromatic N) is 1. The van der Waals surface area contributed by atoms with Crippen LogP contribution >= 0.6 is 0 Å². The summed E-state index contributed by atoms with van der Waals surface area (Å²) < 4.78 is 80.2. The fourth-order valence-electron chi connectivity index (χ4n) is 5.40. The second kappa shape index (κ2) is 10.6. The summed E-state index contributed by atoms with van der Waals surface area (Å²) in [4.78, 5) is 27.4. The van der Waals surface area contributed by atoms with Crippen LogP contribution in [0.3, 0.4) is 0 Å². The Bertz CT molecular complexity index is 1130. The molecule has 1 saturated heterocycles. The van der Waals surface area contributed by atoms with E-state index in [1.165, 1.54) is 6.92 Å². The van der Waals surface area contributed by atoms with Crippen LogP contribution in [0.1, 0.15) is 60.8 Å². The first-order valence-corrected chi connectivity index (χ1v) is 12.5. The summed E-state index contributed by atoms with van der Waals surface area (Å²) in [5, 5.41) is 5.79. The minimum Gasteiger partial charge on any atom is -0.354 e. The number of amides is 2. The molecular weight excluding hydrogens is 512 g/mol. The zero-order chi connectivity index (χ0) is 27.7. The standard InChI is InChI=1S/C27H29F6N3O2/c1-17(18-13-20(26(28,29)30)15-21(14-18)27(31,32)33)24(38)35-25(19-5-3-2-4-6-19)9-7-22(8-10-25)36-12-11-34-23(37)16-36/h2-6,13-15,17,22H,7-12,16H2,1H3,(H,34,37)(H,35,38)/t17-,22?,25?/m0/s1. The van der Waals surface area contributed by atoms with Crippen molar-refractivity contribution in [2.75, 3.05) is 19.6 Å². The van der Waals surface area contributed by atoms with Crippen LogP contribution in [0.4, 0.5) is 26.3 Å². The van der Waals surface area contributed by atoms with Crippen molar-refractivity contribution < 1.29 is 35.9 Å². The van der Waals surface area contributed by atoms with E-state index in [2.05, 4.69) is 15.5 Å². The first kappa shape index (κ1) is 27.9. The van der Waals surface area contributed by atoms with Crippen LogP contribution in [0, 0.1) is 0 Å². The van der Waals surface area contributed by atoms with Crippen molar-refractivity contribution in [2.24, 2.45) is 0 Å². The van der Waals surface area contributed by atoms with Crippen molar-refractivity contribution in [2.45, 2.75) is 62.5 Å². The van der Waals surface area contributed by atoms with Gasteiger partial charge in [0, 0.05) is 19.1 Å². The van der Waals surface area contributed by atoms with Crippen molar-refractivity contribution >= 4 is 11.8 Å². The lowest BCUT2D eigenvalue weighted by atomic mass is 9.74. The van der Waals surface area contributed by atoms with E-state index in [0.29, 0.717) is 50.9 Å². The van der Waals surface area contributed by atoms with Crippen molar-refractivity contribution in [1.82, 2.24) is 15.5 Å². The van der Waals surface area contributed by atoms with E-state index in [9.17, 15) is 35.9 Å². The van der Waals surface area contributed by atoms with E-state index in [1.807, 2.05) is 30.3 Å². The van der Waals surface area contributed by atoms with Crippen molar-refractivity contribution in [3.63, 3.8) is 0 Å². The first-order chi connectivity index (χ1) is 17.8. The molecular formula is C27H29F6N3O2. The molecule has 0 bridgehead atoms. The van der Waals surface area contributed by atoms with Crippen LogP contribution < -0.4 is 10.6 Å². The topological polar surface area (TPSA) is 61.4 Å². The van der Waals surface area contributed by atoms with E-state index in [-0.39, 0.29) is 23.6 Å². The number of rotatable bonds is 5. The van der Waals surface area contributed by atoms with Gasteiger partial charge in [0.05, 0.1) is 29.1 Å². The summed E-state index contributed by atoms with van der Waals surface area (Å²) in [5.74, 6) is -1.96. The predicted molar refractivity (Wildman–Crippen MR) is 128 cm³/mol. The number of carbonyl (C=O) groups excluding carboxylic acids is 2. The third-order valence-corrected chi connectivity index (χ3v) is 7.59. The van der Waals surface area contributed by atoms with Crippen LogP contribution in [-0.2, 0) is 27.5 Å². The summed E-state index contributed by atoms with van der Waals surface area (Å²) in [5.41, 5.74) is -3.29. The van der Waals surface area contributed by atoms with E-state index in [0.717, 1.165) is 12.1 Å². The third kappa shape index (κ3) is 6.14. The van der Waals surface area contributed by atoms with Gasteiger partial charge in [-0.15, -0.1) is 0 Å².